The van der Waals surface area contributed by atoms with Gasteiger partial charge in [0, 0.05) is 25.7 Å². The van der Waals surface area contributed by atoms with Crippen LogP contribution in [-0.4, -0.2) is 66.0 Å². The maximum atomic E-state index is 14.1. The van der Waals surface area contributed by atoms with Gasteiger partial charge in [0.2, 0.25) is 11.8 Å². The fourth-order valence-electron chi connectivity index (χ4n) is 11.9. The van der Waals surface area contributed by atoms with Gasteiger partial charge in [0.15, 0.2) is 6.10 Å². The van der Waals surface area contributed by atoms with Crippen LogP contribution in [0, 0.1) is 47.3 Å². The van der Waals surface area contributed by atoms with E-state index in [4.69, 9.17) is 18.5 Å². The number of carbonyl (C=O) groups is 4. The molecule has 0 radical (unpaired) electrons. The second-order valence-corrected chi connectivity index (χ2v) is 29.8. The summed E-state index contributed by atoms with van der Waals surface area (Å²) in [7, 11) is -4.77. The number of ether oxygens (including phenoxy) is 2. The second-order valence-electron chi connectivity index (χ2n) is 28.3. The summed E-state index contributed by atoms with van der Waals surface area (Å²) < 4.78 is 35.6. The summed E-state index contributed by atoms with van der Waals surface area (Å²) in [5, 5.41) is 0. The van der Waals surface area contributed by atoms with Crippen molar-refractivity contribution in [1.82, 2.24) is 4.90 Å². The number of phosphoric acid groups is 1. The molecule has 0 aromatic heterocycles. The Labute approximate surface area is 526 Å². The minimum Gasteiger partial charge on any atom is -0.462 e. The zero-order chi connectivity index (χ0) is 63.4. The van der Waals surface area contributed by atoms with E-state index in [1.165, 1.54) is 172 Å². The number of unbranched alkanes of at least 4 members (excludes halogenated alkanes) is 20. The maximum absolute atomic E-state index is 14.1. The second kappa shape index (κ2) is 56.2. The molecule has 0 saturated heterocycles. The van der Waals surface area contributed by atoms with Crippen LogP contribution in [0.15, 0.2) is 0 Å². The van der Waals surface area contributed by atoms with Crippen LogP contribution in [0.1, 0.15) is 366 Å². The van der Waals surface area contributed by atoms with Crippen LogP contribution in [-0.2, 0) is 42.3 Å². The molecule has 0 heterocycles. The van der Waals surface area contributed by atoms with E-state index in [2.05, 4.69) is 83.1 Å². The molecule has 0 fully saturated rings. The molecular formula is C73H142NO10P. The zero-order valence-corrected chi connectivity index (χ0v) is 59.0. The molecule has 0 aliphatic carbocycles. The number of nitrogens with zero attached hydrogens (tertiary/aromatic N) is 1. The molecule has 1 N–H and O–H groups in total. The lowest BCUT2D eigenvalue weighted by molar-refractivity contribution is -0.161. The van der Waals surface area contributed by atoms with Gasteiger partial charge >= 0.3 is 19.8 Å². The third-order valence-corrected chi connectivity index (χ3v) is 18.9. The summed E-state index contributed by atoms with van der Waals surface area (Å²) in [6.45, 7) is 25.8. The van der Waals surface area contributed by atoms with Gasteiger partial charge in [-0.3, -0.25) is 33.1 Å². The average molecular weight is 1220 g/mol. The standard InChI is InChI=1S/C73H142NO10P/c1-13-15-17-19-21-23-25-27-29-31-33-53-72(77)81-59-69(84-73(78)54-34-32-30-28-26-24-22-20-18-16-14-2)60-83-85(79,80)82-56-55-74(70(75)57-67(11)51-39-49-65(9)47-37-45-63(7)43-35-41-61(3)4)71(76)58-68(12)52-40-50-66(10)48-38-46-64(8)44-36-42-62(5)6/h61-69H,13-60H2,1-12H3,(H,79,80)/t63?,64?,65?,66?,67?,68?,69-/m1/s1. The van der Waals surface area contributed by atoms with Crippen LogP contribution in [0.25, 0.3) is 0 Å². The van der Waals surface area contributed by atoms with Gasteiger partial charge in [0.05, 0.1) is 19.8 Å². The molecule has 504 valence electrons. The molecule has 0 bridgehead atoms. The quantitative estimate of drug-likeness (QED) is 0.0355. The molecule has 8 atom stereocenters. The van der Waals surface area contributed by atoms with Crippen molar-refractivity contribution < 1.29 is 47.2 Å². The van der Waals surface area contributed by atoms with Crippen LogP contribution < -0.4 is 0 Å². The van der Waals surface area contributed by atoms with Crippen molar-refractivity contribution in [3.05, 3.63) is 0 Å². The van der Waals surface area contributed by atoms with E-state index >= 15 is 0 Å². The van der Waals surface area contributed by atoms with Gasteiger partial charge in [-0.1, -0.05) is 327 Å². The summed E-state index contributed by atoms with van der Waals surface area (Å²) in [4.78, 5) is 66.4. The minimum absolute atomic E-state index is 0.0643. The lowest BCUT2D eigenvalue weighted by Crippen LogP contribution is -2.40. The summed E-state index contributed by atoms with van der Waals surface area (Å²) >= 11 is 0. The topological polar surface area (TPSA) is 146 Å². The molecule has 0 aromatic carbocycles. The van der Waals surface area contributed by atoms with Gasteiger partial charge in [-0.25, -0.2) is 4.57 Å². The van der Waals surface area contributed by atoms with Crippen molar-refractivity contribution in [2.45, 2.75) is 372 Å². The summed E-state index contributed by atoms with van der Waals surface area (Å²) in [5.74, 6) is 2.94. The van der Waals surface area contributed by atoms with Gasteiger partial charge in [0.1, 0.15) is 6.61 Å². The maximum Gasteiger partial charge on any atom is 0.472 e. The number of hydrogen-bond donors (Lipinski definition) is 1. The molecule has 7 unspecified atom stereocenters. The Morgan fingerprint density at radius 2 is 0.682 bits per heavy atom. The molecule has 0 spiro atoms. The minimum atomic E-state index is -4.77. The lowest BCUT2D eigenvalue weighted by atomic mass is 9.90. The Kier molecular flexibility index (Phi) is 55.0. The predicted molar refractivity (Wildman–Crippen MR) is 358 cm³/mol. The van der Waals surface area contributed by atoms with Crippen LogP contribution in [0.3, 0.4) is 0 Å². The van der Waals surface area contributed by atoms with E-state index in [0.29, 0.717) is 24.7 Å². The van der Waals surface area contributed by atoms with Gasteiger partial charge < -0.3 is 14.4 Å². The third-order valence-electron chi connectivity index (χ3n) is 17.9. The molecule has 12 heteroatoms. The number of amides is 2. The lowest BCUT2D eigenvalue weighted by Gasteiger charge is -2.25. The number of imide groups is 1. The van der Waals surface area contributed by atoms with E-state index in [1.807, 2.05) is 0 Å². The highest BCUT2D eigenvalue weighted by molar-refractivity contribution is 7.47. The Morgan fingerprint density at radius 3 is 1.02 bits per heavy atom. The Balaban J connectivity index is 5.66. The van der Waals surface area contributed by atoms with Crippen molar-refractivity contribution in [1.29, 1.82) is 0 Å². The highest BCUT2D eigenvalue weighted by atomic mass is 31.2. The van der Waals surface area contributed by atoms with Crippen LogP contribution in [0.2, 0.25) is 0 Å². The molecule has 0 aliphatic heterocycles. The third kappa shape index (κ3) is 54.8. The molecule has 11 nitrogen and oxygen atoms in total. The normalized spacial score (nSPS) is 15.1. The fourth-order valence-corrected chi connectivity index (χ4v) is 12.7. The SMILES string of the molecule is CCCCCCCCCCCCCC(=O)OC[C@H](COP(=O)(O)OCCN(C(=O)CC(C)CCCC(C)CCCC(C)CCCC(C)C)C(=O)CC(C)CCCC(C)CCCC(C)CCCC(C)C)OC(=O)CCCCCCCCCCCCC. The van der Waals surface area contributed by atoms with Gasteiger partial charge in [0.25, 0.3) is 0 Å². The first kappa shape index (κ1) is 83.2. The predicted octanol–water partition coefficient (Wildman–Crippen LogP) is 22.3. The summed E-state index contributed by atoms with van der Waals surface area (Å²) in [6.07, 6.45) is 46.5. The number of rotatable bonds is 62. The van der Waals surface area contributed by atoms with Gasteiger partial charge in [-0.2, -0.15) is 0 Å². The van der Waals surface area contributed by atoms with E-state index in [0.717, 1.165) is 101 Å². The first-order valence-corrected chi connectivity index (χ1v) is 38.0. The van der Waals surface area contributed by atoms with E-state index < -0.39 is 39.1 Å². The van der Waals surface area contributed by atoms with E-state index in [-0.39, 0.29) is 62.5 Å². The average Bonchev–Trinajstić information content (AvgIpc) is 3.59. The number of carbonyl (C=O) groups excluding carboxylic acids is 4. The van der Waals surface area contributed by atoms with Crippen molar-refractivity contribution in [3.63, 3.8) is 0 Å². The highest BCUT2D eigenvalue weighted by Gasteiger charge is 2.29. The van der Waals surface area contributed by atoms with Gasteiger partial charge in [-0.05, 0) is 60.2 Å². The Morgan fingerprint density at radius 1 is 0.376 bits per heavy atom. The van der Waals surface area contributed by atoms with Crippen LogP contribution >= 0.6 is 7.82 Å². The first-order chi connectivity index (χ1) is 40.7. The van der Waals surface area contributed by atoms with Crippen molar-refractivity contribution in [2.75, 3.05) is 26.4 Å². The monoisotopic (exact) mass is 1220 g/mol. The van der Waals surface area contributed by atoms with Gasteiger partial charge in [-0.15, -0.1) is 0 Å². The molecular weight excluding hydrogens is 1080 g/mol. The molecule has 0 saturated carbocycles. The van der Waals surface area contributed by atoms with E-state index in [9.17, 15) is 28.6 Å². The molecule has 85 heavy (non-hydrogen) atoms. The molecule has 0 aromatic rings. The fraction of sp³-hybridized carbons (Fsp3) is 0.945. The highest BCUT2D eigenvalue weighted by Crippen LogP contribution is 2.43. The summed E-state index contributed by atoms with van der Waals surface area (Å²) in [5.41, 5.74) is 0. The Bertz CT molecular complexity index is 1570. The zero-order valence-electron chi connectivity index (χ0n) is 58.2. The largest absolute Gasteiger partial charge is 0.472 e. The number of phosphoric ester groups is 1. The molecule has 0 rings (SSSR count). The first-order valence-electron chi connectivity index (χ1n) is 36.5. The number of esters is 2. The number of hydrogen-bond acceptors (Lipinski definition) is 9. The van der Waals surface area contributed by atoms with Crippen molar-refractivity contribution >= 4 is 31.6 Å². The van der Waals surface area contributed by atoms with Crippen molar-refractivity contribution in [2.24, 2.45) is 47.3 Å². The molecule has 0 aliphatic rings. The van der Waals surface area contributed by atoms with Crippen LogP contribution in [0.5, 0.6) is 0 Å². The van der Waals surface area contributed by atoms with Crippen molar-refractivity contribution in [3.8, 4) is 0 Å². The van der Waals surface area contributed by atoms with Crippen LogP contribution in [0.4, 0.5) is 0 Å². The Hall–Kier alpha value is -1.81. The molecule has 2 amide bonds. The summed E-state index contributed by atoms with van der Waals surface area (Å²) in [6, 6.07) is 0. The van der Waals surface area contributed by atoms with E-state index in [1.54, 1.807) is 0 Å². The smallest absolute Gasteiger partial charge is 0.462 e.